The van der Waals surface area contributed by atoms with Gasteiger partial charge in [-0.3, -0.25) is 4.98 Å². The highest BCUT2D eigenvalue weighted by Crippen LogP contribution is 2.23. The van der Waals surface area contributed by atoms with Crippen molar-refractivity contribution in [3.05, 3.63) is 64.6 Å². The van der Waals surface area contributed by atoms with Gasteiger partial charge in [0, 0.05) is 29.2 Å². The summed E-state index contributed by atoms with van der Waals surface area (Å²) in [6.45, 7) is 0.813. The highest BCUT2D eigenvalue weighted by Gasteiger charge is 2.13. The van der Waals surface area contributed by atoms with Crippen LogP contribution in [0.5, 0.6) is 0 Å². The Balaban J connectivity index is 1.87. The Bertz CT molecular complexity index is 677. The molecule has 0 spiro atoms. The van der Waals surface area contributed by atoms with E-state index >= 15 is 0 Å². The molecule has 2 heterocycles. The summed E-state index contributed by atoms with van der Waals surface area (Å²) in [4.78, 5) is 5.54. The van der Waals surface area contributed by atoms with Crippen LogP contribution in [0.2, 0.25) is 0 Å². The molecule has 0 aliphatic rings. The Morgan fingerprint density at radius 3 is 2.85 bits per heavy atom. The van der Waals surface area contributed by atoms with Gasteiger partial charge in [-0.15, -0.1) is 11.3 Å². The molecule has 1 aromatic carbocycles. The predicted molar refractivity (Wildman–Crippen MR) is 82.7 cm³/mol. The lowest BCUT2D eigenvalue weighted by molar-refractivity contribution is 0.244. The minimum atomic E-state index is -0.101. The molecule has 0 aliphatic carbocycles. The minimum Gasteiger partial charge on any atom is -0.394 e. The summed E-state index contributed by atoms with van der Waals surface area (Å²) in [5, 5.41) is 17.4. The van der Waals surface area contributed by atoms with Gasteiger partial charge >= 0.3 is 0 Å². The molecule has 0 amide bonds. The molecule has 0 saturated carbocycles. The average molecular weight is 284 g/mol. The SMILES string of the molecule is OCC(NCc1cccs1)c1cncc2ccccc12. The summed E-state index contributed by atoms with van der Waals surface area (Å²) in [6, 6.07) is 12.2. The summed E-state index contributed by atoms with van der Waals surface area (Å²) in [5.74, 6) is 0. The van der Waals surface area contributed by atoms with E-state index in [1.165, 1.54) is 4.88 Å². The number of aromatic nitrogens is 1. The molecular formula is C16H16N2OS. The summed E-state index contributed by atoms with van der Waals surface area (Å²) >= 11 is 1.71. The van der Waals surface area contributed by atoms with Crippen molar-refractivity contribution in [3.8, 4) is 0 Å². The second-order valence-corrected chi connectivity index (χ2v) is 5.68. The fraction of sp³-hybridized carbons (Fsp3) is 0.188. The van der Waals surface area contributed by atoms with Gasteiger partial charge in [-0.2, -0.15) is 0 Å². The van der Waals surface area contributed by atoms with Crippen LogP contribution in [-0.2, 0) is 6.54 Å². The third-order valence-corrected chi connectivity index (χ3v) is 4.24. The molecule has 2 aromatic heterocycles. The molecule has 0 bridgehead atoms. The van der Waals surface area contributed by atoms with Crippen LogP contribution in [0, 0.1) is 0 Å². The monoisotopic (exact) mass is 284 g/mol. The first kappa shape index (κ1) is 13.2. The molecule has 0 aliphatic heterocycles. The molecule has 0 radical (unpaired) electrons. The summed E-state index contributed by atoms with van der Waals surface area (Å²) in [6.07, 6.45) is 3.69. The number of hydrogen-bond donors (Lipinski definition) is 2. The molecule has 102 valence electrons. The van der Waals surface area contributed by atoms with E-state index in [1.807, 2.05) is 36.7 Å². The van der Waals surface area contributed by atoms with E-state index in [0.717, 1.165) is 22.9 Å². The van der Waals surface area contributed by atoms with Gasteiger partial charge < -0.3 is 10.4 Å². The van der Waals surface area contributed by atoms with Crippen LogP contribution in [0.3, 0.4) is 0 Å². The smallest absolute Gasteiger partial charge is 0.0627 e. The zero-order valence-corrected chi connectivity index (χ0v) is 11.8. The van der Waals surface area contributed by atoms with Crippen molar-refractivity contribution in [2.75, 3.05) is 6.61 Å². The second kappa shape index (κ2) is 6.13. The van der Waals surface area contributed by atoms with Gasteiger partial charge in [0.05, 0.1) is 12.6 Å². The lowest BCUT2D eigenvalue weighted by Crippen LogP contribution is -2.24. The standard InChI is InChI=1S/C16H16N2OS/c19-11-16(18-9-13-5-3-7-20-13)15-10-17-8-12-4-1-2-6-14(12)15/h1-8,10,16,18-19H,9,11H2. The predicted octanol–water partition coefficient (Wildman–Crippen LogP) is 3.12. The third-order valence-electron chi connectivity index (χ3n) is 3.36. The third kappa shape index (κ3) is 2.72. The maximum atomic E-state index is 9.68. The van der Waals surface area contributed by atoms with Gasteiger partial charge in [0.15, 0.2) is 0 Å². The van der Waals surface area contributed by atoms with Gasteiger partial charge in [-0.1, -0.05) is 30.3 Å². The zero-order valence-electron chi connectivity index (χ0n) is 11.0. The molecule has 2 N–H and O–H groups in total. The van der Waals surface area contributed by atoms with Crippen molar-refractivity contribution in [1.82, 2.24) is 10.3 Å². The Kier molecular flexibility index (Phi) is 4.06. The van der Waals surface area contributed by atoms with E-state index in [-0.39, 0.29) is 12.6 Å². The number of fused-ring (bicyclic) bond motifs is 1. The number of pyridine rings is 1. The Morgan fingerprint density at radius 1 is 1.15 bits per heavy atom. The van der Waals surface area contributed by atoms with E-state index in [2.05, 4.69) is 27.8 Å². The van der Waals surface area contributed by atoms with Crippen molar-refractivity contribution in [2.45, 2.75) is 12.6 Å². The van der Waals surface area contributed by atoms with Crippen LogP contribution < -0.4 is 5.32 Å². The Labute approximate surface area is 121 Å². The molecule has 3 rings (SSSR count). The number of benzene rings is 1. The van der Waals surface area contributed by atoms with Crippen LogP contribution in [0.4, 0.5) is 0 Å². The van der Waals surface area contributed by atoms with E-state index in [4.69, 9.17) is 0 Å². The van der Waals surface area contributed by atoms with Gasteiger partial charge in [0.25, 0.3) is 0 Å². The lowest BCUT2D eigenvalue weighted by atomic mass is 10.0. The maximum Gasteiger partial charge on any atom is 0.0627 e. The van der Waals surface area contributed by atoms with E-state index in [1.54, 1.807) is 11.3 Å². The highest BCUT2D eigenvalue weighted by atomic mass is 32.1. The summed E-state index contributed by atoms with van der Waals surface area (Å²) in [5.41, 5.74) is 1.04. The number of nitrogens with zero attached hydrogens (tertiary/aromatic N) is 1. The number of aliphatic hydroxyl groups is 1. The van der Waals surface area contributed by atoms with Crippen molar-refractivity contribution < 1.29 is 5.11 Å². The van der Waals surface area contributed by atoms with E-state index in [9.17, 15) is 5.11 Å². The number of rotatable bonds is 5. The van der Waals surface area contributed by atoms with Gasteiger partial charge in [-0.25, -0.2) is 0 Å². The summed E-state index contributed by atoms with van der Waals surface area (Å²) in [7, 11) is 0. The van der Waals surface area contributed by atoms with Gasteiger partial charge in [0.1, 0.15) is 0 Å². The van der Waals surface area contributed by atoms with Crippen molar-refractivity contribution in [3.63, 3.8) is 0 Å². The molecule has 0 fully saturated rings. The average Bonchev–Trinajstić information content (AvgIpc) is 3.01. The number of aliphatic hydroxyl groups excluding tert-OH is 1. The number of nitrogens with one attached hydrogen (secondary N) is 1. The molecule has 1 atom stereocenters. The fourth-order valence-corrected chi connectivity index (χ4v) is 2.98. The zero-order chi connectivity index (χ0) is 13.8. The molecule has 0 saturated heterocycles. The maximum absolute atomic E-state index is 9.68. The lowest BCUT2D eigenvalue weighted by Gasteiger charge is -2.17. The molecule has 20 heavy (non-hydrogen) atoms. The largest absolute Gasteiger partial charge is 0.394 e. The number of hydrogen-bond acceptors (Lipinski definition) is 4. The van der Waals surface area contributed by atoms with Crippen molar-refractivity contribution >= 4 is 22.1 Å². The first-order valence-electron chi connectivity index (χ1n) is 6.58. The first-order valence-corrected chi connectivity index (χ1v) is 7.45. The summed E-state index contributed by atoms with van der Waals surface area (Å²) < 4.78 is 0. The Hall–Kier alpha value is -1.75. The Morgan fingerprint density at radius 2 is 2.05 bits per heavy atom. The highest BCUT2D eigenvalue weighted by molar-refractivity contribution is 7.09. The van der Waals surface area contributed by atoms with Crippen LogP contribution >= 0.6 is 11.3 Å². The van der Waals surface area contributed by atoms with Crippen LogP contribution in [-0.4, -0.2) is 16.7 Å². The molecule has 3 nitrogen and oxygen atoms in total. The number of thiophene rings is 1. The van der Waals surface area contributed by atoms with E-state index in [0.29, 0.717) is 0 Å². The van der Waals surface area contributed by atoms with Gasteiger partial charge in [0.2, 0.25) is 0 Å². The van der Waals surface area contributed by atoms with Gasteiger partial charge in [-0.05, 0) is 22.4 Å². The van der Waals surface area contributed by atoms with E-state index < -0.39 is 0 Å². The quantitative estimate of drug-likeness (QED) is 0.756. The fourth-order valence-electron chi connectivity index (χ4n) is 2.33. The molecular weight excluding hydrogens is 268 g/mol. The topological polar surface area (TPSA) is 45.1 Å². The minimum absolute atomic E-state index is 0.0566. The molecule has 3 aromatic rings. The first-order chi connectivity index (χ1) is 9.88. The normalized spacial score (nSPS) is 12.7. The van der Waals surface area contributed by atoms with Crippen molar-refractivity contribution in [1.29, 1.82) is 0 Å². The van der Waals surface area contributed by atoms with Crippen LogP contribution in [0.15, 0.2) is 54.2 Å². The second-order valence-electron chi connectivity index (χ2n) is 4.65. The molecule has 4 heteroatoms. The van der Waals surface area contributed by atoms with Crippen LogP contribution in [0.1, 0.15) is 16.5 Å². The van der Waals surface area contributed by atoms with Crippen molar-refractivity contribution in [2.24, 2.45) is 0 Å². The molecule has 1 unspecified atom stereocenters. The van der Waals surface area contributed by atoms with Crippen LogP contribution in [0.25, 0.3) is 10.8 Å².